The molecule has 0 spiro atoms. The van der Waals surface area contributed by atoms with Crippen molar-refractivity contribution in [2.45, 2.75) is 13.8 Å². The first kappa shape index (κ1) is 7.98. The summed E-state index contributed by atoms with van der Waals surface area (Å²) >= 11 is 1.99. The summed E-state index contributed by atoms with van der Waals surface area (Å²) in [7, 11) is 0. The number of rotatable bonds is 0. The summed E-state index contributed by atoms with van der Waals surface area (Å²) in [4.78, 5) is 0. The molecule has 0 aromatic heterocycles. The zero-order valence-corrected chi connectivity index (χ0v) is 8.07. The molecule has 0 saturated heterocycles. The molecule has 0 N–H and O–H groups in total. The standard InChI is InChI=1S/C8H8FI/c1-5-3-7(9)8(10)4-6(5)2/h3-4H,1-2H3. The molecule has 0 saturated carbocycles. The topological polar surface area (TPSA) is 0 Å². The van der Waals surface area contributed by atoms with Crippen LogP contribution in [-0.4, -0.2) is 0 Å². The fourth-order valence-corrected chi connectivity index (χ4v) is 1.37. The Hall–Kier alpha value is -0.120. The molecule has 10 heavy (non-hydrogen) atoms. The molecule has 2 heteroatoms. The van der Waals surface area contributed by atoms with Crippen LogP contribution in [-0.2, 0) is 0 Å². The molecule has 1 rings (SSSR count). The Balaban J connectivity index is 3.28. The molecular formula is C8H8FI. The molecule has 0 heterocycles. The Kier molecular flexibility index (Phi) is 2.28. The van der Waals surface area contributed by atoms with Gasteiger partial charge in [-0.3, -0.25) is 0 Å². The summed E-state index contributed by atoms with van der Waals surface area (Å²) in [5.74, 6) is -0.122. The van der Waals surface area contributed by atoms with Gasteiger partial charge in [-0.2, -0.15) is 0 Å². The molecule has 0 bridgehead atoms. The predicted octanol–water partition coefficient (Wildman–Crippen LogP) is 3.05. The van der Waals surface area contributed by atoms with E-state index in [1.54, 1.807) is 6.07 Å². The van der Waals surface area contributed by atoms with E-state index < -0.39 is 0 Å². The number of benzene rings is 1. The van der Waals surface area contributed by atoms with Crippen LogP contribution in [0.25, 0.3) is 0 Å². The van der Waals surface area contributed by atoms with Crippen molar-refractivity contribution in [2.24, 2.45) is 0 Å². The van der Waals surface area contributed by atoms with Gasteiger partial charge in [0.1, 0.15) is 5.82 Å². The van der Waals surface area contributed by atoms with Crippen LogP contribution < -0.4 is 0 Å². The van der Waals surface area contributed by atoms with Crippen molar-refractivity contribution in [1.82, 2.24) is 0 Å². The Labute approximate surface area is 73.6 Å². The molecule has 0 fully saturated rings. The van der Waals surface area contributed by atoms with Gasteiger partial charge in [-0.1, -0.05) is 0 Å². The maximum absolute atomic E-state index is 12.8. The van der Waals surface area contributed by atoms with E-state index >= 15 is 0 Å². The van der Waals surface area contributed by atoms with Gasteiger partial charge in [-0.05, 0) is 59.7 Å². The van der Waals surface area contributed by atoms with Crippen molar-refractivity contribution in [3.05, 3.63) is 32.6 Å². The van der Waals surface area contributed by atoms with E-state index in [-0.39, 0.29) is 5.82 Å². The lowest BCUT2D eigenvalue weighted by Gasteiger charge is -2.00. The maximum Gasteiger partial charge on any atom is 0.136 e. The highest BCUT2D eigenvalue weighted by Crippen LogP contribution is 2.15. The summed E-state index contributed by atoms with van der Waals surface area (Å²) in [5, 5.41) is 0. The summed E-state index contributed by atoms with van der Waals surface area (Å²) in [6.07, 6.45) is 0. The lowest BCUT2D eigenvalue weighted by atomic mass is 10.1. The number of aryl methyl sites for hydroxylation is 2. The quantitative estimate of drug-likeness (QED) is 0.621. The second-order valence-electron chi connectivity index (χ2n) is 2.35. The molecule has 0 atom stereocenters. The second kappa shape index (κ2) is 2.86. The first-order valence-electron chi connectivity index (χ1n) is 3.03. The minimum Gasteiger partial charge on any atom is -0.206 e. The fourth-order valence-electron chi connectivity index (χ4n) is 0.746. The molecule has 0 radical (unpaired) electrons. The number of hydrogen-bond acceptors (Lipinski definition) is 0. The molecule has 0 aliphatic heterocycles. The highest BCUT2D eigenvalue weighted by molar-refractivity contribution is 14.1. The van der Waals surface area contributed by atoms with Crippen LogP contribution in [0.1, 0.15) is 11.1 Å². The van der Waals surface area contributed by atoms with Crippen LogP contribution in [0.2, 0.25) is 0 Å². The smallest absolute Gasteiger partial charge is 0.136 e. The van der Waals surface area contributed by atoms with Gasteiger partial charge in [0.25, 0.3) is 0 Å². The highest BCUT2D eigenvalue weighted by Gasteiger charge is 1.99. The largest absolute Gasteiger partial charge is 0.206 e. The van der Waals surface area contributed by atoms with E-state index in [0.29, 0.717) is 3.57 Å². The minimum atomic E-state index is -0.122. The van der Waals surface area contributed by atoms with E-state index in [1.165, 1.54) is 0 Å². The van der Waals surface area contributed by atoms with Gasteiger partial charge in [0.05, 0.1) is 0 Å². The van der Waals surface area contributed by atoms with Crippen LogP contribution in [0.4, 0.5) is 4.39 Å². The van der Waals surface area contributed by atoms with Gasteiger partial charge in [0.15, 0.2) is 0 Å². The molecule has 0 amide bonds. The monoisotopic (exact) mass is 250 g/mol. The van der Waals surface area contributed by atoms with Gasteiger partial charge in [0.2, 0.25) is 0 Å². The van der Waals surface area contributed by atoms with Crippen LogP contribution in [0.5, 0.6) is 0 Å². The lowest BCUT2D eigenvalue weighted by Crippen LogP contribution is -1.86. The molecule has 0 aliphatic rings. The first-order chi connectivity index (χ1) is 4.61. The summed E-state index contributed by atoms with van der Waals surface area (Å²) in [6, 6.07) is 3.42. The molecule has 1 aromatic rings. The number of hydrogen-bond donors (Lipinski definition) is 0. The van der Waals surface area contributed by atoms with Crippen molar-refractivity contribution >= 4 is 22.6 Å². The van der Waals surface area contributed by atoms with Crippen LogP contribution in [0.15, 0.2) is 12.1 Å². The summed E-state index contributed by atoms with van der Waals surface area (Å²) < 4.78 is 13.4. The van der Waals surface area contributed by atoms with E-state index in [2.05, 4.69) is 0 Å². The third-order valence-corrected chi connectivity index (χ3v) is 2.36. The Morgan fingerprint density at radius 3 is 2.20 bits per heavy atom. The maximum atomic E-state index is 12.8. The Morgan fingerprint density at radius 2 is 1.70 bits per heavy atom. The zero-order chi connectivity index (χ0) is 7.72. The Morgan fingerprint density at radius 1 is 1.20 bits per heavy atom. The highest BCUT2D eigenvalue weighted by atomic mass is 127. The van der Waals surface area contributed by atoms with Crippen LogP contribution in [0, 0.1) is 23.2 Å². The third kappa shape index (κ3) is 1.48. The SMILES string of the molecule is Cc1cc(F)c(I)cc1C. The molecule has 54 valence electrons. The second-order valence-corrected chi connectivity index (χ2v) is 3.51. The molecule has 1 aromatic carbocycles. The average Bonchev–Trinajstić information content (AvgIpc) is 1.84. The third-order valence-electron chi connectivity index (χ3n) is 1.54. The van der Waals surface area contributed by atoms with Gasteiger partial charge in [-0.15, -0.1) is 0 Å². The van der Waals surface area contributed by atoms with Crippen LogP contribution in [0.3, 0.4) is 0 Å². The normalized spacial score (nSPS) is 10.0. The van der Waals surface area contributed by atoms with Crippen molar-refractivity contribution in [2.75, 3.05) is 0 Å². The summed E-state index contributed by atoms with van der Waals surface area (Å²) in [5.41, 5.74) is 2.16. The van der Waals surface area contributed by atoms with Gasteiger partial charge in [-0.25, -0.2) is 4.39 Å². The van der Waals surface area contributed by atoms with Gasteiger partial charge < -0.3 is 0 Å². The van der Waals surface area contributed by atoms with Crippen molar-refractivity contribution in [1.29, 1.82) is 0 Å². The molecule has 0 aliphatic carbocycles. The van der Waals surface area contributed by atoms with Crippen molar-refractivity contribution in [3.8, 4) is 0 Å². The predicted molar refractivity (Wildman–Crippen MR) is 48.6 cm³/mol. The summed E-state index contributed by atoms with van der Waals surface area (Å²) in [6.45, 7) is 3.89. The zero-order valence-electron chi connectivity index (χ0n) is 5.91. The lowest BCUT2D eigenvalue weighted by molar-refractivity contribution is 0.618. The van der Waals surface area contributed by atoms with Gasteiger partial charge in [0, 0.05) is 3.57 Å². The fraction of sp³-hybridized carbons (Fsp3) is 0.250. The number of halogens is 2. The van der Waals surface area contributed by atoms with E-state index in [9.17, 15) is 4.39 Å². The molecular weight excluding hydrogens is 242 g/mol. The van der Waals surface area contributed by atoms with E-state index in [0.717, 1.165) is 11.1 Å². The van der Waals surface area contributed by atoms with E-state index in [1.807, 2.05) is 42.5 Å². The van der Waals surface area contributed by atoms with E-state index in [4.69, 9.17) is 0 Å². The van der Waals surface area contributed by atoms with Crippen molar-refractivity contribution in [3.63, 3.8) is 0 Å². The van der Waals surface area contributed by atoms with Crippen molar-refractivity contribution < 1.29 is 4.39 Å². The Bertz CT molecular complexity index is 205. The molecule has 0 nitrogen and oxygen atoms in total. The first-order valence-corrected chi connectivity index (χ1v) is 4.11. The van der Waals surface area contributed by atoms with Crippen LogP contribution >= 0.6 is 22.6 Å². The minimum absolute atomic E-state index is 0.122. The molecule has 0 unspecified atom stereocenters. The average molecular weight is 250 g/mol. The van der Waals surface area contributed by atoms with Gasteiger partial charge >= 0.3 is 0 Å².